The molecule has 0 amide bonds. The van der Waals surface area contributed by atoms with E-state index >= 15 is 0 Å². The van der Waals surface area contributed by atoms with Crippen molar-refractivity contribution in [1.29, 1.82) is 0 Å². The van der Waals surface area contributed by atoms with Crippen LogP contribution < -0.4 is 10.0 Å². The highest BCUT2D eigenvalue weighted by atomic mass is 32.2. The zero-order chi connectivity index (χ0) is 15.3. The van der Waals surface area contributed by atoms with E-state index in [2.05, 4.69) is 21.9 Å². The first-order valence-corrected chi connectivity index (χ1v) is 8.28. The van der Waals surface area contributed by atoms with Gasteiger partial charge in [-0.3, -0.25) is 9.71 Å². The molecular weight excluding hydrogens is 286 g/mol. The van der Waals surface area contributed by atoms with E-state index in [1.54, 1.807) is 36.5 Å². The van der Waals surface area contributed by atoms with Crippen LogP contribution in [0.1, 0.15) is 18.9 Å². The Morgan fingerprint density at radius 2 is 1.86 bits per heavy atom. The fraction of sp³-hybridized carbons (Fsp3) is 0.267. The van der Waals surface area contributed by atoms with E-state index in [0.717, 1.165) is 24.2 Å². The molecule has 0 spiro atoms. The van der Waals surface area contributed by atoms with Crippen LogP contribution in [0, 0.1) is 6.92 Å². The Morgan fingerprint density at radius 3 is 2.48 bits per heavy atom. The van der Waals surface area contributed by atoms with Gasteiger partial charge in [0.1, 0.15) is 0 Å². The Labute approximate surface area is 125 Å². The average Bonchev–Trinajstić information content (AvgIpc) is 2.48. The van der Waals surface area contributed by atoms with Gasteiger partial charge in [-0.25, -0.2) is 8.42 Å². The summed E-state index contributed by atoms with van der Waals surface area (Å²) in [6.07, 6.45) is 4.15. The maximum atomic E-state index is 12.3. The summed E-state index contributed by atoms with van der Waals surface area (Å²) in [5, 5.41) is 3.21. The topological polar surface area (TPSA) is 71.1 Å². The fourth-order valence-corrected chi connectivity index (χ4v) is 2.91. The van der Waals surface area contributed by atoms with Crippen LogP contribution in [-0.4, -0.2) is 19.9 Å². The van der Waals surface area contributed by atoms with Gasteiger partial charge in [0.05, 0.1) is 16.8 Å². The second kappa shape index (κ2) is 6.58. The Bertz CT molecular complexity index is 697. The highest BCUT2D eigenvalue weighted by molar-refractivity contribution is 7.92. The van der Waals surface area contributed by atoms with Crippen LogP contribution in [0.3, 0.4) is 0 Å². The third-order valence-corrected chi connectivity index (χ3v) is 4.41. The maximum absolute atomic E-state index is 12.3. The third-order valence-electron chi connectivity index (χ3n) is 3.03. The molecule has 1 aromatic carbocycles. The standard InChI is InChI=1S/C15H19N3O2S/c1-3-9-17-13-4-6-14(7-5-13)21(19,20)18-15-11-16-10-8-12(15)2/h4-8,10-11,17-18H,3,9H2,1-2H3. The Kier molecular flexibility index (Phi) is 4.80. The summed E-state index contributed by atoms with van der Waals surface area (Å²) >= 11 is 0. The van der Waals surface area contributed by atoms with Crippen molar-refractivity contribution in [1.82, 2.24) is 4.98 Å². The minimum absolute atomic E-state index is 0.229. The van der Waals surface area contributed by atoms with Gasteiger partial charge in [-0.15, -0.1) is 0 Å². The van der Waals surface area contributed by atoms with Gasteiger partial charge in [0, 0.05) is 18.4 Å². The van der Waals surface area contributed by atoms with Crippen LogP contribution in [0.5, 0.6) is 0 Å². The lowest BCUT2D eigenvalue weighted by Crippen LogP contribution is -2.14. The molecule has 0 unspecified atom stereocenters. The number of hydrogen-bond acceptors (Lipinski definition) is 4. The van der Waals surface area contributed by atoms with Crippen molar-refractivity contribution in [3.05, 3.63) is 48.3 Å². The van der Waals surface area contributed by atoms with Crippen molar-refractivity contribution in [3.63, 3.8) is 0 Å². The van der Waals surface area contributed by atoms with E-state index in [0.29, 0.717) is 5.69 Å². The molecule has 0 aliphatic carbocycles. The molecule has 2 aromatic rings. The number of aryl methyl sites for hydroxylation is 1. The SMILES string of the molecule is CCCNc1ccc(S(=O)(=O)Nc2cnccc2C)cc1. The normalized spacial score (nSPS) is 11.1. The summed E-state index contributed by atoms with van der Waals surface area (Å²) < 4.78 is 27.2. The predicted molar refractivity (Wildman–Crippen MR) is 85.0 cm³/mol. The number of benzene rings is 1. The second-order valence-corrected chi connectivity index (χ2v) is 6.43. The van der Waals surface area contributed by atoms with E-state index in [1.807, 2.05) is 6.92 Å². The first-order chi connectivity index (χ1) is 10.0. The van der Waals surface area contributed by atoms with E-state index in [4.69, 9.17) is 0 Å². The smallest absolute Gasteiger partial charge is 0.261 e. The van der Waals surface area contributed by atoms with Gasteiger partial charge >= 0.3 is 0 Å². The van der Waals surface area contributed by atoms with Gasteiger partial charge in [-0.1, -0.05) is 6.92 Å². The van der Waals surface area contributed by atoms with Crippen LogP contribution in [0.25, 0.3) is 0 Å². The highest BCUT2D eigenvalue weighted by Crippen LogP contribution is 2.19. The molecule has 0 atom stereocenters. The molecule has 0 saturated heterocycles. The molecule has 5 nitrogen and oxygen atoms in total. The molecule has 0 fully saturated rings. The number of nitrogens with one attached hydrogen (secondary N) is 2. The molecule has 21 heavy (non-hydrogen) atoms. The van der Waals surface area contributed by atoms with Crippen LogP contribution in [-0.2, 0) is 10.0 Å². The molecule has 1 aromatic heterocycles. The molecule has 0 aliphatic heterocycles. The lowest BCUT2D eigenvalue weighted by Gasteiger charge is -2.11. The molecule has 1 heterocycles. The Balaban J connectivity index is 2.18. The third kappa shape index (κ3) is 3.95. The van der Waals surface area contributed by atoms with Crippen molar-refractivity contribution < 1.29 is 8.42 Å². The van der Waals surface area contributed by atoms with Crippen molar-refractivity contribution in [2.24, 2.45) is 0 Å². The molecule has 112 valence electrons. The first kappa shape index (κ1) is 15.3. The van der Waals surface area contributed by atoms with Gasteiger partial charge in [-0.05, 0) is 49.2 Å². The zero-order valence-electron chi connectivity index (χ0n) is 12.1. The quantitative estimate of drug-likeness (QED) is 0.860. The molecule has 0 radical (unpaired) electrons. The minimum atomic E-state index is -3.59. The van der Waals surface area contributed by atoms with Crippen LogP contribution >= 0.6 is 0 Å². The lowest BCUT2D eigenvalue weighted by molar-refractivity contribution is 0.601. The summed E-state index contributed by atoms with van der Waals surface area (Å²) in [4.78, 5) is 4.16. The van der Waals surface area contributed by atoms with Gasteiger partial charge < -0.3 is 5.32 Å². The highest BCUT2D eigenvalue weighted by Gasteiger charge is 2.15. The van der Waals surface area contributed by atoms with E-state index in [1.165, 1.54) is 6.20 Å². The summed E-state index contributed by atoms with van der Waals surface area (Å²) in [6.45, 7) is 4.77. The molecule has 2 N–H and O–H groups in total. The number of rotatable bonds is 6. The summed E-state index contributed by atoms with van der Waals surface area (Å²) in [5.41, 5.74) is 2.23. The van der Waals surface area contributed by atoms with Gasteiger partial charge in [0.25, 0.3) is 10.0 Å². The average molecular weight is 305 g/mol. The zero-order valence-corrected chi connectivity index (χ0v) is 12.9. The Hall–Kier alpha value is -2.08. The van der Waals surface area contributed by atoms with Crippen LogP contribution in [0.4, 0.5) is 11.4 Å². The lowest BCUT2D eigenvalue weighted by atomic mass is 10.3. The maximum Gasteiger partial charge on any atom is 0.261 e. The molecule has 6 heteroatoms. The number of pyridine rings is 1. The number of hydrogen-bond donors (Lipinski definition) is 2. The van der Waals surface area contributed by atoms with E-state index in [-0.39, 0.29) is 4.90 Å². The monoisotopic (exact) mass is 305 g/mol. The molecule has 2 rings (SSSR count). The first-order valence-electron chi connectivity index (χ1n) is 6.80. The summed E-state index contributed by atoms with van der Waals surface area (Å²) in [6, 6.07) is 8.47. The largest absolute Gasteiger partial charge is 0.385 e. The number of anilines is 2. The van der Waals surface area contributed by atoms with Crippen molar-refractivity contribution >= 4 is 21.4 Å². The van der Waals surface area contributed by atoms with Gasteiger partial charge in [0.2, 0.25) is 0 Å². The Morgan fingerprint density at radius 1 is 1.14 bits per heavy atom. The van der Waals surface area contributed by atoms with Crippen LogP contribution in [0.15, 0.2) is 47.6 Å². The minimum Gasteiger partial charge on any atom is -0.385 e. The van der Waals surface area contributed by atoms with Crippen molar-refractivity contribution in [2.45, 2.75) is 25.2 Å². The van der Waals surface area contributed by atoms with Crippen molar-refractivity contribution in [3.8, 4) is 0 Å². The van der Waals surface area contributed by atoms with E-state index < -0.39 is 10.0 Å². The van der Waals surface area contributed by atoms with Gasteiger partial charge in [-0.2, -0.15) is 0 Å². The van der Waals surface area contributed by atoms with Gasteiger partial charge in [0.15, 0.2) is 0 Å². The fourth-order valence-electron chi connectivity index (χ4n) is 1.80. The molecule has 0 saturated carbocycles. The molecular formula is C15H19N3O2S. The second-order valence-electron chi connectivity index (χ2n) is 4.75. The predicted octanol–water partition coefficient (Wildman–Crippen LogP) is 3.01. The summed E-state index contributed by atoms with van der Waals surface area (Å²) in [5.74, 6) is 0. The van der Waals surface area contributed by atoms with Crippen molar-refractivity contribution in [2.75, 3.05) is 16.6 Å². The summed E-state index contributed by atoms with van der Waals surface area (Å²) in [7, 11) is -3.59. The van der Waals surface area contributed by atoms with Crippen LogP contribution in [0.2, 0.25) is 0 Å². The molecule has 0 aliphatic rings. The number of nitrogens with zero attached hydrogens (tertiary/aromatic N) is 1. The van der Waals surface area contributed by atoms with E-state index in [9.17, 15) is 8.42 Å². The number of aromatic nitrogens is 1. The number of sulfonamides is 1. The molecule has 0 bridgehead atoms.